The normalized spacial score (nSPS) is 12.1. The molecule has 4 heterocycles. The van der Waals surface area contributed by atoms with Crippen molar-refractivity contribution in [1.82, 2.24) is 18.5 Å². The zero-order valence-corrected chi connectivity index (χ0v) is 26.5. The van der Waals surface area contributed by atoms with Gasteiger partial charge in [0.05, 0.1) is 27.6 Å². The fourth-order valence-corrected chi connectivity index (χ4v) is 8.10. The molecular weight excluding hydrogens is 597 g/mol. The van der Waals surface area contributed by atoms with E-state index in [9.17, 15) is 0 Å². The van der Waals surface area contributed by atoms with Crippen LogP contribution in [0.25, 0.3) is 93.7 Å². The largest absolute Gasteiger partial charge is 0.309 e. The molecule has 0 saturated carbocycles. The number of imidazole rings is 1. The van der Waals surface area contributed by atoms with Crippen molar-refractivity contribution in [3.63, 3.8) is 0 Å². The molecule has 11 aromatic rings. The van der Waals surface area contributed by atoms with Crippen molar-refractivity contribution in [1.29, 1.82) is 0 Å². The van der Waals surface area contributed by atoms with Gasteiger partial charge in [0.1, 0.15) is 11.3 Å². The lowest BCUT2D eigenvalue weighted by Crippen LogP contribution is -1.99. The van der Waals surface area contributed by atoms with Gasteiger partial charge in [0.2, 0.25) is 0 Å². The Labute approximate surface area is 281 Å². The molecule has 0 aliphatic rings. The summed E-state index contributed by atoms with van der Waals surface area (Å²) in [6.07, 6.45) is 0. The minimum atomic E-state index is 0.977. The van der Waals surface area contributed by atoms with E-state index in [0.29, 0.717) is 0 Å². The maximum absolute atomic E-state index is 5.19. The molecule has 0 bridgehead atoms. The zero-order chi connectivity index (χ0) is 32.1. The predicted octanol–water partition coefficient (Wildman–Crippen LogP) is 11.5. The highest BCUT2D eigenvalue weighted by molar-refractivity contribution is 6.24. The number of aromatic nitrogens is 4. The Bertz CT molecular complexity index is 3090. The predicted molar refractivity (Wildman–Crippen MR) is 204 cm³/mol. The minimum absolute atomic E-state index is 0.977. The van der Waals surface area contributed by atoms with Crippen LogP contribution in [0.5, 0.6) is 0 Å². The van der Waals surface area contributed by atoms with E-state index in [2.05, 4.69) is 183 Å². The lowest BCUT2D eigenvalue weighted by atomic mass is 9.99. The molecule has 4 nitrogen and oxygen atoms in total. The van der Waals surface area contributed by atoms with Gasteiger partial charge in [-0.15, -0.1) is 0 Å². The van der Waals surface area contributed by atoms with E-state index in [1.165, 1.54) is 60.3 Å². The van der Waals surface area contributed by atoms with Crippen LogP contribution in [0.3, 0.4) is 0 Å². The second kappa shape index (κ2) is 9.93. The molecule has 0 radical (unpaired) electrons. The van der Waals surface area contributed by atoms with Gasteiger partial charge >= 0.3 is 0 Å². The molecule has 228 valence electrons. The van der Waals surface area contributed by atoms with Crippen molar-refractivity contribution >= 4 is 71.2 Å². The summed E-state index contributed by atoms with van der Waals surface area (Å²) in [4.78, 5) is 5.19. The van der Waals surface area contributed by atoms with Gasteiger partial charge in [-0.1, -0.05) is 103 Å². The molecule has 49 heavy (non-hydrogen) atoms. The number of rotatable bonds is 3. The Hall–Kier alpha value is -6.65. The first kappa shape index (κ1) is 26.4. The van der Waals surface area contributed by atoms with Gasteiger partial charge in [0.15, 0.2) is 0 Å². The number of fused-ring (bicyclic) bond motifs is 13. The maximum Gasteiger partial charge on any atom is 0.147 e. The second-order valence-electron chi connectivity index (χ2n) is 12.8. The summed E-state index contributed by atoms with van der Waals surface area (Å²) in [5.41, 5.74) is 12.5. The summed E-state index contributed by atoms with van der Waals surface area (Å²) in [7, 11) is 0. The van der Waals surface area contributed by atoms with Crippen LogP contribution in [0, 0.1) is 0 Å². The fraction of sp³-hybridized carbons (Fsp3) is 0. The molecule has 0 N–H and O–H groups in total. The van der Waals surface area contributed by atoms with Crippen LogP contribution in [-0.4, -0.2) is 18.5 Å². The van der Waals surface area contributed by atoms with Crippen LogP contribution in [0.2, 0.25) is 0 Å². The van der Waals surface area contributed by atoms with Gasteiger partial charge < -0.3 is 4.57 Å². The van der Waals surface area contributed by atoms with E-state index in [1.54, 1.807) is 0 Å². The number of hydrogen-bond donors (Lipinski definition) is 0. The number of hydrogen-bond acceptors (Lipinski definition) is 1. The SMILES string of the molecule is c1ccc(-n2c3ccccc3c3cc(-c4ccc5c(c4)c4c6ccccc6c6nc7ccccc7n6c4n5-c4ccccc4)ccc32)cc1. The number of nitrogens with zero attached hydrogens (tertiary/aromatic N) is 4. The summed E-state index contributed by atoms with van der Waals surface area (Å²) in [6, 6.07) is 61.2. The van der Waals surface area contributed by atoms with Gasteiger partial charge in [-0.25, -0.2) is 4.98 Å². The topological polar surface area (TPSA) is 27.2 Å². The van der Waals surface area contributed by atoms with E-state index >= 15 is 0 Å². The highest BCUT2D eigenvalue weighted by atomic mass is 15.1. The Kier molecular flexibility index (Phi) is 5.35. The summed E-state index contributed by atoms with van der Waals surface area (Å²) in [6.45, 7) is 0. The summed E-state index contributed by atoms with van der Waals surface area (Å²) in [5, 5.41) is 7.32. The summed E-state index contributed by atoms with van der Waals surface area (Å²) < 4.78 is 7.15. The van der Waals surface area contributed by atoms with Crippen LogP contribution in [0.15, 0.2) is 170 Å². The highest BCUT2D eigenvalue weighted by Crippen LogP contribution is 2.42. The Morgan fingerprint density at radius 1 is 0.367 bits per heavy atom. The van der Waals surface area contributed by atoms with Crippen LogP contribution in [0.4, 0.5) is 0 Å². The van der Waals surface area contributed by atoms with Crippen LogP contribution < -0.4 is 0 Å². The Balaban J connectivity index is 1.25. The molecule has 11 rings (SSSR count). The third-order valence-electron chi connectivity index (χ3n) is 10.2. The lowest BCUT2D eigenvalue weighted by molar-refractivity contribution is 1.11. The molecular formula is C45H28N4. The Morgan fingerprint density at radius 3 is 1.63 bits per heavy atom. The maximum atomic E-state index is 5.19. The van der Waals surface area contributed by atoms with Gasteiger partial charge in [-0.05, 0) is 83.2 Å². The van der Waals surface area contributed by atoms with Gasteiger partial charge in [0.25, 0.3) is 0 Å². The molecule has 7 aromatic carbocycles. The van der Waals surface area contributed by atoms with Gasteiger partial charge in [-0.3, -0.25) is 8.97 Å². The molecule has 0 unspecified atom stereocenters. The molecule has 4 heteroatoms. The average molecular weight is 625 g/mol. The first-order chi connectivity index (χ1) is 24.3. The molecule has 0 fully saturated rings. The second-order valence-corrected chi connectivity index (χ2v) is 12.8. The molecule has 0 amide bonds. The smallest absolute Gasteiger partial charge is 0.147 e. The standard InChI is InChI=1S/C45H28N4/c1-3-13-31(14-4-1)47-39-21-11-9-17-33(39)36-27-29(23-25-40(36)47)30-24-26-41-37(28-30)43-34-18-7-8-19-35(34)44-46-38-20-10-12-22-42(38)49(44)45(43)48(41)32-15-5-2-6-16-32/h1-28H. The summed E-state index contributed by atoms with van der Waals surface area (Å²) >= 11 is 0. The van der Waals surface area contributed by atoms with E-state index in [4.69, 9.17) is 4.98 Å². The van der Waals surface area contributed by atoms with Crippen molar-refractivity contribution in [2.75, 3.05) is 0 Å². The first-order valence-electron chi connectivity index (χ1n) is 16.7. The van der Waals surface area contributed by atoms with Crippen LogP contribution >= 0.6 is 0 Å². The third kappa shape index (κ3) is 3.66. The van der Waals surface area contributed by atoms with Gasteiger partial charge in [0, 0.05) is 38.3 Å². The number of para-hydroxylation sites is 5. The van der Waals surface area contributed by atoms with Crippen molar-refractivity contribution in [2.24, 2.45) is 0 Å². The van der Waals surface area contributed by atoms with Crippen LogP contribution in [0.1, 0.15) is 0 Å². The minimum Gasteiger partial charge on any atom is -0.309 e. The fourth-order valence-electron chi connectivity index (χ4n) is 8.10. The van der Waals surface area contributed by atoms with Crippen molar-refractivity contribution in [2.45, 2.75) is 0 Å². The first-order valence-corrected chi connectivity index (χ1v) is 16.7. The molecule has 0 saturated heterocycles. The third-order valence-corrected chi connectivity index (χ3v) is 10.2. The van der Waals surface area contributed by atoms with Crippen molar-refractivity contribution < 1.29 is 0 Å². The molecule has 0 atom stereocenters. The van der Waals surface area contributed by atoms with E-state index in [1.807, 2.05) is 0 Å². The number of pyridine rings is 1. The lowest BCUT2D eigenvalue weighted by Gasteiger charge is -2.11. The highest BCUT2D eigenvalue weighted by Gasteiger charge is 2.22. The van der Waals surface area contributed by atoms with Crippen molar-refractivity contribution in [3.8, 4) is 22.5 Å². The summed E-state index contributed by atoms with van der Waals surface area (Å²) in [5.74, 6) is 0. The monoisotopic (exact) mass is 624 g/mol. The van der Waals surface area contributed by atoms with Crippen LogP contribution in [-0.2, 0) is 0 Å². The Morgan fingerprint density at radius 2 is 0.898 bits per heavy atom. The van der Waals surface area contributed by atoms with E-state index in [-0.39, 0.29) is 0 Å². The van der Waals surface area contributed by atoms with E-state index < -0.39 is 0 Å². The van der Waals surface area contributed by atoms with Crippen molar-refractivity contribution in [3.05, 3.63) is 170 Å². The average Bonchev–Trinajstić information content (AvgIpc) is 3.83. The molecule has 4 aromatic heterocycles. The van der Waals surface area contributed by atoms with E-state index in [0.717, 1.165) is 33.4 Å². The number of benzene rings is 7. The molecule has 0 aliphatic heterocycles. The quantitative estimate of drug-likeness (QED) is 0.192. The van der Waals surface area contributed by atoms with Gasteiger partial charge in [-0.2, -0.15) is 0 Å². The zero-order valence-electron chi connectivity index (χ0n) is 26.5. The molecule has 0 spiro atoms. The molecule has 0 aliphatic carbocycles.